The van der Waals surface area contributed by atoms with E-state index in [1.807, 2.05) is 30.3 Å². The average molecular weight is 329 g/mol. The Labute approximate surface area is 119 Å². The molecule has 0 unspecified atom stereocenters. The number of hydrogen-bond donors (Lipinski definition) is 0. The zero-order valence-corrected chi connectivity index (χ0v) is 12.0. The van der Waals surface area contributed by atoms with Crippen LogP contribution in [0.3, 0.4) is 0 Å². The standard InChI is InChI=1S/C13H11BrClNO2/c1-17-10-2-3-12(11(14)7-10)18-13-6-9(8-15)4-5-16-13/h2-7H,8H2,1H3. The van der Waals surface area contributed by atoms with Crippen molar-refractivity contribution in [2.24, 2.45) is 0 Å². The lowest BCUT2D eigenvalue weighted by Crippen LogP contribution is -1.91. The minimum absolute atomic E-state index is 0.433. The number of aromatic nitrogens is 1. The third kappa shape index (κ3) is 3.15. The van der Waals surface area contributed by atoms with Crippen LogP contribution in [0, 0.1) is 0 Å². The molecule has 18 heavy (non-hydrogen) atoms. The maximum Gasteiger partial charge on any atom is 0.219 e. The number of rotatable bonds is 4. The zero-order chi connectivity index (χ0) is 13.0. The second-order valence-electron chi connectivity index (χ2n) is 3.53. The summed E-state index contributed by atoms with van der Waals surface area (Å²) in [4.78, 5) is 4.13. The molecular formula is C13H11BrClNO2. The van der Waals surface area contributed by atoms with Crippen LogP contribution in [0.15, 0.2) is 41.0 Å². The molecule has 94 valence electrons. The maximum absolute atomic E-state index is 5.76. The van der Waals surface area contributed by atoms with Crippen LogP contribution >= 0.6 is 27.5 Å². The molecule has 0 saturated heterocycles. The summed E-state index contributed by atoms with van der Waals surface area (Å²) < 4.78 is 11.6. The summed E-state index contributed by atoms with van der Waals surface area (Å²) in [6.07, 6.45) is 1.67. The van der Waals surface area contributed by atoms with Gasteiger partial charge >= 0.3 is 0 Å². The lowest BCUT2D eigenvalue weighted by molar-refractivity contribution is 0.411. The number of ether oxygens (including phenoxy) is 2. The maximum atomic E-state index is 5.76. The summed E-state index contributed by atoms with van der Waals surface area (Å²) in [5.41, 5.74) is 0.964. The predicted molar refractivity (Wildman–Crippen MR) is 74.6 cm³/mol. The summed E-state index contributed by atoms with van der Waals surface area (Å²) in [5, 5.41) is 0. The van der Waals surface area contributed by atoms with Gasteiger partial charge < -0.3 is 9.47 Å². The van der Waals surface area contributed by atoms with Crippen molar-refractivity contribution in [3.05, 3.63) is 46.6 Å². The fourth-order valence-corrected chi connectivity index (χ4v) is 2.00. The summed E-state index contributed by atoms with van der Waals surface area (Å²) in [7, 11) is 1.62. The van der Waals surface area contributed by atoms with Crippen LogP contribution in [0.5, 0.6) is 17.4 Å². The minimum atomic E-state index is 0.433. The Morgan fingerprint density at radius 2 is 2.11 bits per heavy atom. The van der Waals surface area contributed by atoms with Gasteiger partial charge in [-0.3, -0.25) is 0 Å². The molecule has 0 amide bonds. The van der Waals surface area contributed by atoms with E-state index >= 15 is 0 Å². The van der Waals surface area contributed by atoms with Gasteiger partial charge in [0, 0.05) is 18.1 Å². The van der Waals surface area contributed by atoms with Crippen LogP contribution in [0.4, 0.5) is 0 Å². The van der Waals surface area contributed by atoms with Crippen molar-refractivity contribution in [1.82, 2.24) is 4.98 Å². The second-order valence-corrected chi connectivity index (χ2v) is 4.66. The molecule has 1 aromatic heterocycles. The molecule has 1 heterocycles. The van der Waals surface area contributed by atoms with Crippen LogP contribution in [0.1, 0.15) is 5.56 Å². The van der Waals surface area contributed by atoms with Crippen molar-refractivity contribution in [3.8, 4) is 17.4 Å². The normalized spacial score (nSPS) is 10.2. The Morgan fingerprint density at radius 1 is 1.28 bits per heavy atom. The van der Waals surface area contributed by atoms with E-state index in [4.69, 9.17) is 21.1 Å². The van der Waals surface area contributed by atoms with E-state index in [9.17, 15) is 0 Å². The van der Waals surface area contributed by atoms with Gasteiger partial charge in [0.05, 0.1) is 11.6 Å². The molecule has 0 atom stereocenters. The molecule has 3 nitrogen and oxygen atoms in total. The Bertz CT molecular complexity index is 548. The Balaban J connectivity index is 2.22. The largest absolute Gasteiger partial charge is 0.497 e. The Hall–Kier alpha value is -1.26. The molecule has 0 saturated carbocycles. The molecule has 0 fully saturated rings. The first kappa shape index (κ1) is 13.2. The predicted octanol–water partition coefficient (Wildman–Crippen LogP) is 4.38. The number of halogens is 2. The highest BCUT2D eigenvalue weighted by atomic mass is 79.9. The van der Waals surface area contributed by atoms with Gasteiger partial charge in [-0.05, 0) is 45.8 Å². The molecule has 0 aliphatic carbocycles. The molecule has 2 rings (SSSR count). The van der Waals surface area contributed by atoms with Crippen molar-refractivity contribution in [2.45, 2.75) is 5.88 Å². The van der Waals surface area contributed by atoms with Gasteiger partial charge in [0.1, 0.15) is 11.5 Å². The molecule has 0 radical (unpaired) electrons. The molecule has 0 N–H and O–H groups in total. The number of methoxy groups -OCH3 is 1. The van der Waals surface area contributed by atoms with Crippen LogP contribution < -0.4 is 9.47 Å². The quantitative estimate of drug-likeness (QED) is 0.780. The van der Waals surface area contributed by atoms with E-state index in [2.05, 4.69) is 20.9 Å². The topological polar surface area (TPSA) is 31.4 Å². The molecule has 2 aromatic rings. The SMILES string of the molecule is COc1ccc(Oc2cc(CCl)ccn2)c(Br)c1. The molecule has 0 spiro atoms. The number of benzene rings is 1. The van der Waals surface area contributed by atoms with Crippen molar-refractivity contribution >= 4 is 27.5 Å². The first-order chi connectivity index (χ1) is 8.72. The molecule has 0 aliphatic heterocycles. The van der Waals surface area contributed by atoms with Crippen LogP contribution in [0.25, 0.3) is 0 Å². The number of hydrogen-bond acceptors (Lipinski definition) is 3. The minimum Gasteiger partial charge on any atom is -0.497 e. The van der Waals surface area contributed by atoms with Gasteiger partial charge in [0.25, 0.3) is 0 Å². The highest BCUT2D eigenvalue weighted by Crippen LogP contribution is 2.32. The lowest BCUT2D eigenvalue weighted by Gasteiger charge is -2.08. The van der Waals surface area contributed by atoms with Crippen molar-refractivity contribution in [1.29, 1.82) is 0 Å². The van der Waals surface area contributed by atoms with E-state index in [1.54, 1.807) is 13.3 Å². The second kappa shape index (κ2) is 6.07. The summed E-state index contributed by atoms with van der Waals surface area (Å²) in [6, 6.07) is 9.14. The first-order valence-corrected chi connectivity index (χ1v) is 6.58. The number of pyridine rings is 1. The fraction of sp³-hybridized carbons (Fsp3) is 0.154. The highest BCUT2D eigenvalue weighted by Gasteiger charge is 2.05. The molecule has 0 bridgehead atoms. The van der Waals surface area contributed by atoms with Gasteiger partial charge in [-0.2, -0.15) is 0 Å². The van der Waals surface area contributed by atoms with E-state index in [1.165, 1.54) is 0 Å². The van der Waals surface area contributed by atoms with Gasteiger partial charge in [0.2, 0.25) is 5.88 Å². The van der Waals surface area contributed by atoms with Gasteiger partial charge in [-0.1, -0.05) is 0 Å². The Morgan fingerprint density at radius 3 is 2.78 bits per heavy atom. The Kier molecular flexibility index (Phi) is 4.44. The highest BCUT2D eigenvalue weighted by molar-refractivity contribution is 9.10. The molecule has 0 aliphatic rings. The number of alkyl halides is 1. The fourth-order valence-electron chi connectivity index (χ4n) is 1.39. The van der Waals surface area contributed by atoms with Crippen LogP contribution in [-0.2, 0) is 5.88 Å². The van der Waals surface area contributed by atoms with E-state index < -0.39 is 0 Å². The van der Waals surface area contributed by atoms with Crippen molar-refractivity contribution in [2.75, 3.05) is 7.11 Å². The monoisotopic (exact) mass is 327 g/mol. The van der Waals surface area contributed by atoms with E-state index in [-0.39, 0.29) is 0 Å². The van der Waals surface area contributed by atoms with E-state index in [0.717, 1.165) is 15.8 Å². The first-order valence-electron chi connectivity index (χ1n) is 5.25. The average Bonchev–Trinajstić information content (AvgIpc) is 2.41. The van der Waals surface area contributed by atoms with Crippen molar-refractivity contribution < 1.29 is 9.47 Å². The molecule has 1 aromatic carbocycles. The van der Waals surface area contributed by atoms with Crippen LogP contribution in [-0.4, -0.2) is 12.1 Å². The van der Waals surface area contributed by atoms with Gasteiger partial charge in [0.15, 0.2) is 0 Å². The van der Waals surface area contributed by atoms with Crippen molar-refractivity contribution in [3.63, 3.8) is 0 Å². The molecule has 5 heteroatoms. The van der Waals surface area contributed by atoms with Gasteiger partial charge in [-0.15, -0.1) is 11.6 Å². The summed E-state index contributed by atoms with van der Waals surface area (Å²) in [5.74, 6) is 2.38. The third-order valence-electron chi connectivity index (χ3n) is 2.31. The van der Waals surface area contributed by atoms with E-state index in [0.29, 0.717) is 17.5 Å². The van der Waals surface area contributed by atoms with Gasteiger partial charge in [-0.25, -0.2) is 4.98 Å². The smallest absolute Gasteiger partial charge is 0.219 e. The molecular weight excluding hydrogens is 318 g/mol. The summed E-state index contributed by atoms with van der Waals surface area (Å²) in [6.45, 7) is 0. The third-order valence-corrected chi connectivity index (χ3v) is 3.24. The number of nitrogens with zero attached hydrogens (tertiary/aromatic N) is 1. The van der Waals surface area contributed by atoms with Crippen LogP contribution in [0.2, 0.25) is 0 Å². The zero-order valence-electron chi connectivity index (χ0n) is 9.69. The summed E-state index contributed by atoms with van der Waals surface area (Å²) >= 11 is 9.19. The lowest BCUT2D eigenvalue weighted by atomic mass is 10.3.